The summed E-state index contributed by atoms with van der Waals surface area (Å²) in [6.45, 7) is 3.71. The third kappa shape index (κ3) is 5.91. The van der Waals surface area contributed by atoms with Gasteiger partial charge < -0.3 is 20.0 Å². The van der Waals surface area contributed by atoms with E-state index in [0.717, 1.165) is 11.8 Å². The van der Waals surface area contributed by atoms with Crippen LogP contribution >= 0.6 is 11.8 Å². The van der Waals surface area contributed by atoms with Crippen LogP contribution < -0.4 is 14.8 Å². The van der Waals surface area contributed by atoms with Crippen molar-refractivity contribution in [3.05, 3.63) is 71.2 Å². The van der Waals surface area contributed by atoms with Crippen LogP contribution in [0.15, 0.2) is 59.3 Å². The quantitative estimate of drug-likeness (QED) is 0.218. The first-order valence-corrected chi connectivity index (χ1v) is 12.9. The molecule has 0 aliphatic carbocycles. The summed E-state index contributed by atoms with van der Waals surface area (Å²) < 4.78 is 35.9. The van der Waals surface area contributed by atoms with Crippen molar-refractivity contribution in [2.45, 2.75) is 13.5 Å². The van der Waals surface area contributed by atoms with E-state index in [-0.39, 0.29) is 18.0 Å². The van der Waals surface area contributed by atoms with Gasteiger partial charge in [-0.05, 0) is 36.8 Å². The summed E-state index contributed by atoms with van der Waals surface area (Å²) in [4.78, 5) is 4.15. The van der Waals surface area contributed by atoms with Gasteiger partial charge in [-0.15, -0.1) is 0 Å². The number of nitriles is 1. The van der Waals surface area contributed by atoms with E-state index < -0.39 is 11.4 Å². The molecule has 1 aliphatic rings. The number of aliphatic imine (C=N–C) groups is 1. The molecule has 1 radical (unpaired) electrons. The van der Waals surface area contributed by atoms with Gasteiger partial charge >= 0.3 is 0 Å². The van der Waals surface area contributed by atoms with Crippen LogP contribution in [-0.4, -0.2) is 38.5 Å². The lowest BCUT2D eigenvalue weighted by Crippen LogP contribution is -2.14. The van der Waals surface area contributed by atoms with Crippen LogP contribution in [0.2, 0.25) is 0 Å². The maximum absolute atomic E-state index is 13.3. The van der Waals surface area contributed by atoms with Crippen LogP contribution in [0, 0.1) is 22.6 Å². The predicted octanol–water partition coefficient (Wildman–Crippen LogP) is 4.30. The van der Waals surface area contributed by atoms with Gasteiger partial charge in [0.25, 0.3) is 6.56 Å². The summed E-state index contributed by atoms with van der Waals surface area (Å²) in [6, 6.07) is 13.4. The summed E-state index contributed by atoms with van der Waals surface area (Å²) in [5.41, 5.74) is 2.55. The van der Waals surface area contributed by atoms with Crippen molar-refractivity contribution in [2.24, 2.45) is 4.99 Å². The molecular formula is C23H20BFN7O2S2. The average Bonchev–Trinajstić information content (AvgIpc) is 3.10. The van der Waals surface area contributed by atoms with Crippen molar-refractivity contribution >= 4 is 53.7 Å². The lowest BCUT2D eigenvalue weighted by Gasteiger charge is -2.15. The number of fused-ring (bicyclic) bond motifs is 1. The molecule has 0 saturated carbocycles. The van der Waals surface area contributed by atoms with Crippen molar-refractivity contribution in [3.63, 3.8) is 0 Å². The van der Waals surface area contributed by atoms with E-state index in [1.165, 1.54) is 30.1 Å². The number of hydrogen-bond donors (Lipinski definition) is 3. The van der Waals surface area contributed by atoms with Crippen molar-refractivity contribution in [3.8, 4) is 23.1 Å². The SMILES string of the molecule is CC[S+]([O-])Nc1ccc(-c2nn3c(c2C#N)NC(N=CC=N)=C[B]S3)c(OCc2ccc(F)cc2)c1. The number of anilines is 2. The average molecular weight is 520 g/mol. The van der Waals surface area contributed by atoms with Gasteiger partial charge in [0.15, 0.2) is 5.82 Å². The van der Waals surface area contributed by atoms with Gasteiger partial charge in [-0.25, -0.2) is 14.1 Å². The Kier molecular flexibility index (Phi) is 8.32. The van der Waals surface area contributed by atoms with Crippen molar-refractivity contribution in [2.75, 3.05) is 15.8 Å². The molecule has 1 atom stereocenters. The van der Waals surface area contributed by atoms with E-state index in [1.54, 1.807) is 53.9 Å². The molecular weight excluding hydrogens is 500 g/mol. The first-order valence-electron chi connectivity index (χ1n) is 10.7. The first kappa shape index (κ1) is 25.4. The van der Waals surface area contributed by atoms with Gasteiger partial charge in [0.2, 0.25) is 0 Å². The number of hydrogen-bond acceptors (Lipinski definition) is 9. The minimum atomic E-state index is -1.26. The van der Waals surface area contributed by atoms with Crippen LogP contribution in [0.1, 0.15) is 18.1 Å². The monoisotopic (exact) mass is 520 g/mol. The Bertz CT molecular complexity index is 1360. The lowest BCUT2D eigenvalue weighted by molar-refractivity contribution is 0.307. The molecule has 9 nitrogen and oxygen atoms in total. The second kappa shape index (κ2) is 11.8. The smallest absolute Gasteiger partial charge is 0.257 e. The van der Waals surface area contributed by atoms with Crippen LogP contribution in [-0.2, 0) is 18.0 Å². The summed E-state index contributed by atoms with van der Waals surface area (Å²) in [7, 11) is 0. The maximum atomic E-state index is 13.3. The summed E-state index contributed by atoms with van der Waals surface area (Å²) in [6.07, 6.45) is 2.38. The lowest BCUT2D eigenvalue weighted by atomic mass is 10.1. The van der Waals surface area contributed by atoms with Gasteiger partial charge in [0.1, 0.15) is 47.1 Å². The summed E-state index contributed by atoms with van der Waals surface area (Å²) in [5.74, 6) is 3.08. The van der Waals surface area contributed by atoms with E-state index in [9.17, 15) is 14.2 Å². The number of halogens is 1. The predicted molar refractivity (Wildman–Crippen MR) is 143 cm³/mol. The van der Waals surface area contributed by atoms with Gasteiger partial charge in [-0.2, -0.15) is 14.4 Å². The number of aromatic nitrogens is 2. The summed E-state index contributed by atoms with van der Waals surface area (Å²) >= 11 is -0.00684. The standard InChI is InChI=1S/C23H20BFN7O2S2/c1-2-36(33)31-17-7-8-18(20(11-17)34-14-15-3-5-16(25)6-4-15)22-19(13-27)23-29-21(28-10-9-26)12-24-35-32(23)30-22/h3-12,26,29,31H,2,14H2,1H3. The first-order chi connectivity index (χ1) is 17.5. The van der Waals surface area contributed by atoms with E-state index in [2.05, 4.69) is 26.2 Å². The maximum Gasteiger partial charge on any atom is 0.257 e. The molecule has 2 aromatic carbocycles. The van der Waals surface area contributed by atoms with Gasteiger partial charge in [-0.3, -0.25) is 0 Å². The topological polar surface area (TPSA) is 134 Å². The van der Waals surface area contributed by atoms with Crippen molar-refractivity contribution < 1.29 is 13.7 Å². The fourth-order valence-electron chi connectivity index (χ4n) is 3.23. The van der Waals surface area contributed by atoms with Crippen molar-refractivity contribution in [1.29, 1.82) is 10.7 Å². The van der Waals surface area contributed by atoms with E-state index >= 15 is 0 Å². The molecule has 3 aromatic rings. The highest BCUT2D eigenvalue weighted by atomic mass is 32.2. The fraction of sp³-hybridized carbons (Fsp3) is 0.130. The molecule has 1 aromatic heterocycles. The van der Waals surface area contributed by atoms with Crippen LogP contribution in [0.5, 0.6) is 5.75 Å². The largest absolute Gasteiger partial charge is 0.593 e. The molecule has 0 spiro atoms. The summed E-state index contributed by atoms with van der Waals surface area (Å²) in [5, 5.41) is 24.9. The fourth-order valence-corrected chi connectivity index (χ4v) is 4.44. The molecule has 0 fully saturated rings. The van der Waals surface area contributed by atoms with Crippen LogP contribution in [0.3, 0.4) is 0 Å². The highest BCUT2D eigenvalue weighted by Crippen LogP contribution is 2.39. The Morgan fingerprint density at radius 3 is 2.92 bits per heavy atom. The third-order valence-corrected chi connectivity index (χ3v) is 6.64. The highest BCUT2D eigenvalue weighted by Gasteiger charge is 2.25. The number of rotatable bonds is 9. The van der Waals surface area contributed by atoms with Gasteiger partial charge in [0, 0.05) is 24.1 Å². The molecule has 0 bridgehead atoms. The third-order valence-electron chi connectivity index (χ3n) is 4.93. The zero-order chi connectivity index (χ0) is 25.5. The Labute approximate surface area is 215 Å². The molecule has 36 heavy (non-hydrogen) atoms. The Balaban J connectivity index is 1.73. The number of nitrogens with zero attached hydrogens (tertiary/aromatic N) is 4. The molecule has 2 heterocycles. The number of ether oxygens (including phenoxy) is 1. The molecule has 13 heteroatoms. The molecule has 1 unspecified atom stereocenters. The molecule has 181 valence electrons. The minimum Gasteiger partial charge on any atom is -0.593 e. The molecule has 4 rings (SSSR count). The molecule has 0 amide bonds. The second-order valence-corrected chi connectivity index (χ2v) is 9.58. The van der Waals surface area contributed by atoms with E-state index in [4.69, 9.17) is 10.1 Å². The second-order valence-electron chi connectivity index (χ2n) is 7.28. The van der Waals surface area contributed by atoms with Gasteiger partial charge in [-0.1, -0.05) is 29.9 Å². The number of nitrogens with one attached hydrogen (secondary N) is 3. The minimum absolute atomic E-state index is 0.148. The van der Waals surface area contributed by atoms with E-state index in [1.807, 2.05) is 0 Å². The van der Waals surface area contributed by atoms with E-state index in [0.29, 0.717) is 40.1 Å². The normalized spacial score (nSPS) is 13.4. The zero-order valence-corrected chi connectivity index (χ0v) is 20.7. The van der Waals surface area contributed by atoms with Crippen LogP contribution in [0.4, 0.5) is 15.9 Å². The Morgan fingerprint density at radius 2 is 2.19 bits per heavy atom. The van der Waals surface area contributed by atoms with Gasteiger partial charge in [0.05, 0.1) is 17.0 Å². The van der Waals surface area contributed by atoms with Crippen LogP contribution in [0.25, 0.3) is 11.3 Å². The molecule has 1 aliphatic heterocycles. The number of benzene rings is 2. The Morgan fingerprint density at radius 1 is 1.39 bits per heavy atom. The zero-order valence-electron chi connectivity index (χ0n) is 19.1. The molecule has 3 N–H and O–H groups in total. The van der Waals surface area contributed by atoms with Crippen molar-refractivity contribution in [1.82, 2.24) is 9.19 Å². The molecule has 0 saturated heterocycles. The Hall–Kier alpha value is -3.73. The highest BCUT2D eigenvalue weighted by molar-refractivity contribution is 8.21.